The summed E-state index contributed by atoms with van der Waals surface area (Å²) in [7, 11) is 0. The number of hydrazine groups is 1. The third-order valence-electron chi connectivity index (χ3n) is 1.07. The molecule has 0 spiro atoms. The van der Waals surface area contributed by atoms with Crippen LogP contribution in [0.1, 0.15) is 0 Å². The molecule has 44 valence electrons. The van der Waals surface area contributed by atoms with Crippen LogP contribution in [0, 0.1) is 11.3 Å². The Hall–Kier alpha value is -0.240. The minimum Gasteiger partial charge on any atom is -0.267 e. The van der Waals surface area contributed by atoms with Crippen LogP contribution in [-0.2, 0) is 0 Å². The predicted octanol–water partition coefficient (Wildman–Crippen LogP) is -0.241. The van der Waals surface area contributed by atoms with E-state index in [9.17, 15) is 0 Å². The van der Waals surface area contributed by atoms with E-state index >= 15 is 0 Å². The molecule has 1 fully saturated rings. The zero-order chi connectivity index (χ0) is 5.98. The molecule has 0 bridgehead atoms. The van der Waals surface area contributed by atoms with Crippen LogP contribution >= 0.6 is 11.8 Å². The first-order valence-electron chi connectivity index (χ1n) is 2.33. The lowest BCUT2D eigenvalue weighted by molar-refractivity contribution is 0.321. The topological polar surface area (TPSA) is 53.0 Å². The molecule has 1 aliphatic heterocycles. The molecule has 0 aliphatic carbocycles. The van der Waals surface area contributed by atoms with Crippen LogP contribution in [0.2, 0.25) is 0 Å². The quantitative estimate of drug-likeness (QED) is 0.458. The number of nitriles is 1. The van der Waals surface area contributed by atoms with Crippen molar-refractivity contribution < 1.29 is 0 Å². The van der Waals surface area contributed by atoms with Crippen LogP contribution in [0.5, 0.6) is 0 Å². The van der Waals surface area contributed by atoms with Crippen molar-refractivity contribution >= 4 is 11.8 Å². The molecule has 1 saturated heterocycles. The molecule has 3 nitrogen and oxygen atoms in total. The fraction of sp³-hybridized carbons (Fsp3) is 0.750. The first-order chi connectivity index (χ1) is 3.84. The number of nitrogens with two attached hydrogens (primary N) is 1. The SMILES string of the molecule is N#C[C@@H]1CSCN1N. The summed E-state index contributed by atoms with van der Waals surface area (Å²) in [5.74, 6) is 7.02. The highest BCUT2D eigenvalue weighted by molar-refractivity contribution is 7.99. The summed E-state index contributed by atoms with van der Waals surface area (Å²) in [4.78, 5) is 0. The average Bonchev–Trinajstić information content (AvgIpc) is 2.14. The van der Waals surface area contributed by atoms with Gasteiger partial charge in [0, 0.05) is 5.75 Å². The maximum atomic E-state index is 8.35. The van der Waals surface area contributed by atoms with Gasteiger partial charge in [0.1, 0.15) is 6.04 Å². The number of hydrogen-bond donors (Lipinski definition) is 1. The van der Waals surface area contributed by atoms with Crippen molar-refractivity contribution in [3.8, 4) is 6.07 Å². The summed E-state index contributed by atoms with van der Waals surface area (Å²) in [5.41, 5.74) is 0. The standard InChI is InChI=1S/C4H7N3S/c5-1-4-2-8-3-7(4)6/h4H,2-3,6H2/t4-/m1/s1. The molecule has 1 aliphatic rings. The summed E-state index contributed by atoms with van der Waals surface area (Å²) in [6, 6.07) is 2.04. The molecule has 0 aromatic rings. The van der Waals surface area contributed by atoms with E-state index in [1.54, 1.807) is 16.8 Å². The molecule has 1 rings (SSSR count). The molecular weight excluding hydrogens is 122 g/mol. The molecule has 0 unspecified atom stereocenters. The second-order valence-corrected chi connectivity index (χ2v) is 2.66. The number of thioether (sulfide) groups is 1. The van der Waals surface area contributed by atoms with Gasteiger partial charge in [-0.25, -0.2) is 5.01 Å². The minimum atomic E-state index is -0.0556. The van der Waals surface area contributed by atoms with E-state index in [1.165, 1.54) is 0 Å². The molecule has 1 heterocycles. The van der Waals surface area contributed by atoms with E-state index in [1.807, 2.05) is 0 Å². The fourth-order valence-electron chi connectivity index (χ4n) is 0.567. The predicted molar refractivity (Wildman–Crippen MR) is 32.8 cm³/mol. The fourth-order valence-corrected chi connectivity index (χ4v) is 1.55. The highest BCUT2D eigenvalue weighted by Crippen LogP contribution is 2.15. The minimum absolute atomic E-state index is 0.0556. The van der Waals surface area contributed by atoms with E-state index in [-0.39, 0.29) is 6.04 Å². The monoisotopic (exact) mass is 129 g/mol. The molecule has 1 atom stereocenters. The maximum absolute atomic E-state index is 8.35. The maximum Gasteiger partial charge on any atom is 0.121 e. The molecule has 0 radical (unpaired) electrons. The Balaban J connectivity index is 2.45. The van der Waals surface area contributed by atoms with Crippen LogP contribution in [0.15, 0.2) is 0 Å². The largest absolute Gasteiger partial charge is 0.267 e. The van der Waals surface area contributed by atoms with Crippen molar-refractivity contribution in [3.05, 3.63) is 0 Å². The number of nitrogens with zero attached hydrogens (tertiary/aromatic N) is 2. The zero-order valence-electron chi connectivity index (χ0n) is 4.37. The van der Waals surface area contributed by atoms with Crippen molar-refractivity contribution in [1.82, 2.24) is 5.01 Å². The normalized spacial score (nSPS) is 30.2. The van der Waals surface area contributed by atoms with Gasteiger partial charge < -0.3 is 0 Å². The van der Waals surface area contributed by atoms with Crippen LogP contribution in [0.3, 0.4) is 0 Å². The van der Waals surface area contributed by atoms with Crippen molar-refractivity contribution in [2.24, 2.45) is 5.84 Å². The summed E-state index contributed by atoms with van der Waals surface area (Å²) in [6.45, 7) is 0. The van der Waals surface area contributed by atoms with Gasteiger partial charge >= 0.3 is 0 Å². The lowest BCUT2D eigenvalue weighted by Gasteiger charge is -2.07. The second-order valence-electron chi connectivity index (χ2n) is 1.66. The third kappa shape index (κ3) is 0.944. The van der Waals surface area contributed by atoms with Gasteiger partial charge in [-0.2, -0.15) is 5.26 Å². The van der Waals surface area contributed by atoms with Gasteiger partial charge in [0.2, 0.25) is 0 Å². The van der Waals surface area contributed by atoms with E-state index in [4.69, 9.17) is 11.1 Å². The average molecular weight is 129 g/mol. The Morgan fingerprint density at radius 1 is 1.88 bits per heavy atom. The van der Waals surface area contributed by atoms with Gasteiger partial charge in [0.15, 0.2) is 0 Å². The Morgan fingerprint density at radius 2 is 2.62 bits per heavy atom. The Kier molecular flexibility index (Phi) is 1.73. The van der Waals surface area contributed by atoms with E-state index < -0.39 is 0 Å². The van der Waals surface area contributed by atoms with Gasteiger partial charge in [-0.15, -0.1) is 11.8 Å². The molecule has 8 heavy (non-hydrogen) atoms. The third-order valence-corrected chi connectivity index (χ3v) is 2.10. The van der Waals surface area contributed by atoms with Gasteiger partial charge in [-0.05, 0) is 0 Å². The Labute approximate surface area is 52.4 Å². The highest BCUT2D eigenvalue weighted by Gasteiger charge is 2.20. The van der Waals surface area contributed by atoms with Crippen molar-refractivity contribution in [2.45, 2.75) is 6.04 Å². The van der Waals surface area contributed by atoms with Crippen molar-refractivity contribution in [1.29, 1.82) is 5.26 Å². The molecule has 4 heteroatoms. The summed E-state index contributed by atoms with van der Waals surface area (Å²) in [5, 5.41) is 9.91. The first-order valence-corrected chi connectivity index (χ1v) is 3.49. The number of rotatable bonds is 0. The summed E-state index contributed by atoms with van der Waals surface area (Å²) in [6.07, 6.45) is 0. The Morgan fingerprint density at radius 3 is 2.88 bits per heavy atom. The number of hydrogen-bond acceptors (Lipinski definition) is 4. The molecule has 0 amide bonds. The van der Waals surface area contributed by atoms with Crippen LogP contribution < -0.4 is 5.84 Å². The van der Waals surface area contributed by atoms with E-state index in [2.05, 4.69) is 6.07 Å². The lowest BCUT2D eigenvalue weighted by Crippen LogP contribution is -2.35. The zero-order valence-corrected chi connectivity index (χ0v) is 5.19. The van der Waals surface area contributed by atoms with E-state index in [0.29, 0.717) is 0 Å². The molecule has 2 N–H and O–H groups in total. The van der Waals surface area contributed by atoms with Crippen LogP contribution in [0.4, 0.5) is 0 Å². The second kappa shape index (κ2) is 2.35. The van der Waals surface area contributed by atoms with Gasteiger partial charge in [-0.1, -0.05) is 0 Å². The molecule has 0 aromatic carbocycles. The van der Waals surface area contributed by atoms with Crippen molar-refractivity contribution in [2.75, 3.05) is 11.6 Å². The van der Waals surface area contributed by atoms with Crippen LogP contribution in [-0.4, -0.2) is 22.7 Å². The molecular formula is C4H7N3S. The smallest absolute Gasteiger partial charge is 0.121 e. The summed E-state index contributed by atoms with van der Waals surface area (Å²) >= 11 is 1.69. The lowest BCUT2D eigenvalue weighted by atomic mass is 10.4. The molecule has 0 saturated carbocycles. The van der Waals surface area contributed by atoms with Crippen LogP contribution in [0.25, 0.3) is 0 Å². The van der Waals surface area contributed by atoms with E-state index in [0.717, 1.165) is 11.6 Å². The van der Waals surface area contributed by atoms with Crippen molar-refractivity contribution in [3.63, 3.8) is 0 Å². The molecule has 0 aromatic heterocycles. The van der Waals surface area contributed by atoms with Gasteiger partial charge in [-0.3, -0.25) is 5.84 Å². The van der Waals surface area contributed by atoms with Gasteiger partial charge in [0.05, 0.1) is 11.9 Å². The van der Waals surface area contributed by atoms with Gasteiger partial charge in [0.25, 0.3) is 0 Å². The Bertz CT molecular complexity index is 119. The summed E-state index contributed by atoms with van der Waals surface area (Å²) < 4.78 is 0. The first kappa shape index (κ1) is 5.89. The highest BCUT2D eigenvalue weighted by atomic mass is 32.2.